The van der Waals surface area contributed by atoms with E-state index in [1.165, 1.54) is 0 Å². The molecule has 0 aliphatic rings. The van der Waals surface area contributed by atoms with E-state index in [1.54, 1.807) is 0 Å². The summed E-state index contributed by atoms with van der Waals surface area (Å²) < 4.78 is 22.7. The Labute approximate surface area is 120 Å². The van der Waals surface area contributed by atoms with Crippen LogP contribution in [0.15, 0.2) is 36.4 Å². The predicted molar refractivity (Wildman–Crippen MR) is 82.1 cm³/mol. The normalized spacial score (nSPS) is 10.7. The van der Waals surface area contributed by atoms with Crippen LogP contribution in [0.1, 0.15) is 22.3 Å². The fourth-order valence-electron chi connectivity index (χ4n) is 2.20. The topological polar surface area (TPSA) is 35.5 Å². The number of hydrogen-bond acceptors (Lipinski definition) is 3. The first-order valence-electron chi connectivity index (χ1n) is 6.48. The molecule has 0 radical (unpaired) electrons. The van der Waals surface area contributed by atoms with Crippen molar-refractivity contribution in [1.82, 2.24) is 0 Å². The summed E-state index contributed by atoms with van der Waals surface area (Å²) in [6, 6.07) is 11.5. The van der Waals surface area contributed by atoms with Gasteiger partial charge in [-0.05, 0) is 74.2 Å². The lowest BCUT2D eigenvalue weighted by atomic mass is 10.1. The van der Waals surface area contributed by atoms with Crippen LogP contribution < -0.4 is 9.05 Å². The van der Waals surface area contributed by atoms with E-state index in [4.69, 9.17) is 9.05 Å². The molecular weight excluding hydrogens is 271 g/mol. The average Bonchev–Trinajstić information content (AvgIpc) is 2.24. The Morgan fingerprint density at radius 3 is 1.25 bits per heavy atom. The Balaban J connectivity index is 2.08. The summed E-state index contributed by atoms with van der Waals surface area (Å²) in [5, 5.41) is 0. The van der Waals surface area contributed by atoms with E-state index < -0.39 is 8.25 Å². The van der Waals surface area contributed by atoms with Crippen LogP contribution in [0.25, 0.3) is 0 Å². The highest BCUT2D eigenvalue weighted by Crippen LogP contribution is 2.32. The largest absolute Gasteiger partial charge is 0.418 e. The monoisotopic (exact) mass is 290 g/mol. The molecule has 3 nitrogen and oxygen atoms in total. The van der Waals surface area contributed by atoms with Gasteiger partial charge < -0.3 is 9.05 Å². The second-order valence-electron chi connectivity index (χ2n) is 5.10. The van der Waals surface area contributed by atoms with Crippen LogP contribution in [0.4, 0.5) is 0 Å². The van der Waals surface area contributed by atoms with Crippen LogP contribution in [0.3, 0.4) is 0 Å². The Morgan fingerprint density at radius 2 is 0.950 bits per heavy atom. The smallest absolute Gasteiger partial charge is 0.418 e. The van der Waals surface area contributed by atoms with Gasteiger partial charge in [0, 0.05) is 0 Å². The third-order valence-electron chi connectivity index (χ3n) is 2.79. The van der Waals surface area contributed by atoms with Gasteiger partial charge in [0.15, 0.2) is 0 Å². The van der Waals surface area contributed by atoms with Crippen molar-refractivity contribution in [2.24, 2.45) is 0 Å². The summed E-state index contributed by atoms with van der Waals surface area (Å²) >= 11 is 0. The van der Waals surface area contributed by atoms with Crippen molar-refractivity contribution >= 4 is 8.25 Å². The molecule has 0 saturated heterocycles. The van der Waals surface area contributed by atoms with Crippen LogP contribution in [0.5, 0.6) is 11.5 Å². The Bertz CT molecular complexity index is 554. The Kier molecular flexibility index (Phi) is 4.51. The van der Waals surface area contributed by atoms with Gasteiger partial charge in [-0.15, -0.1) is 0 Å². The number of hydrogen-bond donors (Lipinski definition) is 0. The van der Waals surface area contributed by atoms with Crippen molar-refractivity contribution in [3.63, 3.8) is 0 Å². The molecule has 0 atom stereocenters. The standard InChI is InChI=1S/C16H19O3P/c1-11-5-12(2)8-15(7-11)18-20(17)19-16-9-13(3)6-14(4)10-16/h5-10,20H,1-4H3. The minimum atomic E-state index is -2.61. The number of rotatable bonds is 4. The Morgan fingerprint density at radius 1 is 0.650 bits per heavy atom. The highest BCUT2D eigenvalue weighted by Gasteiger charge is 2.06. The molecule has 0 saturated carbocycles. The van der Waals surface area contributed by atoms with Gasteiger partial charge in [-0.3, -0.25) is 0 Å². The summed E-state index contributed by atoms with van der Waals surface area (Å²) in [7, 11) is -2.61. The molecule has 0 N–H and O–H groups in total. The molecule has 0 fully saturated rings. The van der Waals surface area contributed by atoms with Crippen LogP contribution in [0, 0.1) is 27.7 Å². The van der Waals surface area contributed by atoms with Crippen LogP contribution >= 0.6 is 8.25 Å². The number of benzene rings is 2. The van der Waals surface area contributed by atoms with E-state index in [0.717, 1.165) is 22.3 Å². The highest BCUT2D eigenvalue weighted by molar-refractivity contribution is 7.34. The second-order valence-corrected chi connectivity index (χ2v) is 6.01. The molecule has 0 aromatic heterocycles. The fourth-order valence-corrected chi connectivity index (χ4v) is 2.86. The molecule has 0 unspecified atom stereocenters. The first-order chi connectivity index (χ1) is 9.42. The van der Waals surface area contributed by atoms with Gasteiger partial charge in [-0.1, -0.05) is 12.1 Å². The molecule has 0 bridgehead atoms. The molecule has 20 heavy (non-hydrogen) atoms. The highest BCUT2D eigenvalue weighted by atomic mass is 31.1. The molecule has 2 rings (SSSR count). The molecule has 2 aromatic carbocycles. The van der Waals surface area contributed by atoms with E-state index >= 15 is 0 Å². The lowest BCUT2D eigenvalue weighted by Crippen LogP contribution is -1.91. The molecule has 2 aromatic rings. The molecular formula is C16H19O3P. The summed E-state index contributed by atoms with van der Waals surface area (Å²) in [4.78, 5) is 0. The van der Waals surface area contributed by atoms with E-state index in [0.29, 0.717) is 11.5 Å². The van der Waals surface area contributed by atoms with Crippen molar-refractivity contribution in [1.29, 1.82) is 0 Å². The maximum atomic E-state index is 12.0. The quantitative estimate of drug-likeness (QED) is 0.761. The molecule has 0 amide bonds. The van der Waals surface area contributed by atoms with Gasteiger partial charge in [0.05, 0.1) is 0 Å². The average molecular weight is 290 g/mol. The molecule has 106 valence electrons. The van der Waals surface area contributed by atoms with Crippen LogP contribution in [0.2, 0.25) is 0 Å². The van der Waals surface area contributed by atoms with E-state index in [1.807, 2.05) is 64.1 Å². The summed E-state index contributed by atoms with van der Waals surface area (Å²) in [6.07, 6.45) is 0. The summed E-state index contributed by atoms with van der Waals surface area (Å²) in [5.74, 6) is 1.16. The van der Waals surface area contributed by atoms with Crippen molar-refractivity contribution in [2.75, 3.05) is 0 Å². The minimum absolute atomic E-state index is 0.579. The molecule has 0 aliphatic heterocycles. The third-order valence-corrected chi connectivity index (χ3v) is 3.60. The van der Waals surface area contributed by atoms with Crippen molar-refractivity contribution in [3.8, 4) is 11.5 Å². The lowest BCUT2D eigenvalue weighted by molar-refractivity contribution is 0.415. The zero-order valence-electron chi connectivity index (χ0n) is 12.2. The molecule has 0 aliphatic carbocycles. The maximum Gasteiger partial charge on any atom is 0.418 e. The predicted octanol–water partition coefficient (Wildman–Crippen LogP) is 4.77. The zero-order chi connectivity index (χ0) is 14.7. The third kappa shape index (κ3) is 4.14. The van der Waals surface area contributed by atoms with Crippen LogP contribution in [-0.2, 0) is 4.57 Å². The van der Waals surface area contributed by atoms with Crippen molar-refractivity contribution < 1.29 is 13.6 Å². The Hall–Kier alpha value is -1.73. The second kappa shape index (κ2) is 6.15. The summed E-state index contributed by atoms with van der Waals surface area (Å²) in [6.45, 7) is 7.90. The molecule has 0 spiro atoms. The molecule has 4 heteroatoms. The van der Waals surface area contributed by atoms with Crippen LogP contribution in [-0.4, -0.2) is 0 Å². The zero-order valence-corrected chi connectivity index (χ0v) is 13.2. The van der Waals surface area contributed by atoms with E-state index in [2.05, 4.69) is 0 Å². The fraction of sp³-hybridized carbons (Fsp3) is 0.250. The van der Waals surface area contributed by atoms with Crippen molar-refractivity contribution in [3.05, 3.63) is 58.7 Å². The number of aryl methyl sites for hydroxylation is 4. The van der Waals surface area contributed by atoms with E-state index in [-0.39, 0.29) is 0 Å². The van der Waals surface area contributed by atoms with Gasteiger partial charge in [0.25, 0.3) is 0 Å². The van der Waals surface area contributed by atoms with Gasteiger partial charge in [-0.25, -0.2) is 4.57 Å². The van der Waals surface area contributed by atoms with Gasteiger partial charge >= 0.3 is 8.25 Å². The first-order valence-corrected chi connectivity index (χ1v) is 7.71. The first kappa shape index (κ1) is 14.7. The SMILES string of the molecule is Cc1cc(C)cc(O[PH](=O)Oc2cc(C)cc(C)c2)c1. The summed E-state index contributed by atoms with van der Waals surface area (Å²) in [5.41, 5.74) is 4.28. The maximum absolute atomic E-state index is 12.0. The minimum Gasteiger partial charge on any atom is -0.418 e. The van der Waals surface area contributed by atoms with E-state index in [9.17, 15) is 4.57 Å². The van der Waals surface area contributed by atoms with Crippen molar-refractivity contribution in [2.45, 2.75) is 27.7 Å². The van der Waals surface area contributed by atoms with Gasteiger partial charge in [0.1, 0.15) is 11.5 Å². The van der Waals surface area contributed by atoms with Gasteiger partial charge in [0.2, 0.25) is 0 Å². The molecule has 0 heterocycles. The lowest BCUT2D eigenvalue weighted by Gasteiger charge is -2.10. The van der Waals surface area contributed by atoms with Gasteiger partial charge in [-0.2, -0.15) is 0 Å².